The molecular formula is C78H110Br2N2S6Se2. The van der Waals surface area contributed by atoms with Crippen molar-refractivity contribution in [2.45, 2.75) is 311 Å². The fraction of sp³-hybridized carbons (Fsp3) is 0.615. The first kappa shape index (κ1) is 74.8. The number of thiophene rings is 4. The molecule has 2 nitrogen and oxygen atoms in total. The van der Waals surface area contributed by atoms with E-state index in [1.54, 1.807) is 17.7 Å². The Labute approximate surface area is 600 Å². The van der Waals surface area contributed by atoms with Gasteiger partial charge in [-0.15, -0.1) is 0 Å². The molecule has 0 saturated carbocycles. The molecule has 0 fully saturated rings. The van der Waals surface area contributed by atoms with E-state index in [0.717, 1.165) is 25.7 Å². The molecule has 0 aromatic carbocycles. The van der Waals surface area contributed by atoms with E-state index in [-0.39, 0.29) is 29.0 Å². The molecule has 0 N–H and O–H groups in total. The van der Waals surface area contributed by atoms with Crippen molar-refractivity contribution < 1.29 is 0 Å². The Bertz CT molecular complexity index is 3030. The van der Waals surface area contributed by atoms with Gasteiger partial charge in [0, 0.05) is 0 Å². The Balaban J connectivity index is 1.11. The van der Waals surface area contributed by atoms with E-state index in [9.17, 15) is 0 Å². The number of halogens is 2. The average Bonchev–Trinajstić information content (AvgIpc) is 1.65. The molecule has 0 aliphatic carbocycles. The second kappa shape index (κ2) is 42.6. The van der Waals surface area contributed by atoms with Gasteiger partial charge in [0.05, 0.1) is 0 Å². The van der Waals surface area contributed by atoms with Crippen LogP contribution in [0.5, 0.6) is 0 Å². The first-order chi connectivity index (χ1) is 44.2. The molecule has 0 amide bonds. The fourth-order valence-corrected chi connectivity index (χ4v) is 26.7. The van der Waals surface area contributed by atoms with E-state index >= 15 is 0 Å². The van der Waals surface area contributed by atoms with Crippen LogP contribution in [0.15, 0.2) is 56.1 Å². The number of thiazole rings is 2. The summed E-state index contributed by atoms with van der Waals surface area (Å²) in [5.41, 5.74) is 8.87. The molecule has 0 aliphatic heterocycles. The third kappa shape index (κ3) is 23.6. The molecular weight excluding hydrogens is 1480 g/mol. The van der Waals surface area contributed by atoms with E-state index in [0.29, 0.717) is 0 Å². The Kier molecular flexibility index (Phi) is 35.4. The van der Waals surface area contributed by atoms with Gasteiger partial charge in [0.2, 0.25) is 0 Å². The van der Waals surface area contributed by atoms with Gasteiger partial charge in [0.1, 0.15) is 0 Å². The minimum absolute atomic E-state index is 0.233. The fourth-order valence-electron chi connectivity index (χ4n) is 12.7. The van der Waals surface area contributed by atoms with Crippen LogP contribution in [0.3, 0.4) is 0 Å². The summed E-state index contributed by atoms with van der Waals surface area (Å²) in [5, 5.41) is 2.55. The molecule has 0 spiro atoms. The topological polar surface area (TPSA) is 25.8 Å². The number of unbranched alkanes of at least 4 members (excludes halogenated alkanes) is 30. The van der Waals surface area contributed by atoms with Crippen molar-refractivity contribution >= 4 is 129 Å². The maximum absolute atomic E-state index is 5.79. The van der Waals surface area contributed by atoms with Crippen molar-refractivity contribution in [2.75, 3.05) is 0 Å². The molecule has 494 valence electrons. The van der Waals surface area contributed by atoms with Gasteiger partial charge < -0.3 is 0 Å². The molecule has 0 atom stereocenters. The van der Waals surface area contributed by atoms with Crippen LogP contribution in [0.25, 0.3) is 66.8 Å². The predicted octanol–water partition coefficient (Wildman–Crippen LogP) is 29.6. The molecule has 0 bridgehead atoms. The number of aryl methyl sites for hydroxylation is 6. The van der Waals surface area contributed by atoms with Crippen LogP contribution in [0.1, 0.15) is 306 Å². The van der Waals surface area contributed by atoms with Crippen LogP contribution in [0.2, 0.25) is 0 Å². The Morgan fingerprint density at radius 2 is 0.544 bits per heavy atom. The standard InChI is InChI=1S/C78H110Br2N2S6Se2/c1-7-13-19-25-31-37-43-57-53-63(71-59(55-69(79)85-71)45-39-33-27-21-15-9-3)83-73(57)77-81-61(47-41-35-29-23-17-11-5)75(87-77)67-51-49-65(89-67)66-50-52-68(90-66)76-62(48-42-36-30-24-18-12-6)82-78(88-76)74-58(44-38-32-26-20-14-8-2)54-64(84-74)72-60(56-70(80)86-72)46-40-34-28-22-16-10-4/h49-56H,7-48H2,1-6H3. The van der Waals surface area contributed by atoms with Crippen LogP contribution in [-0.2, 0) is 38.5 Å². The van der Waals surface area contributed by atoms with Crippen LogP contribution in [0.4, 0.5) is 0 Å². The molecule has 8 aromatic heterocycles. The molecule has 90 heavy (non-hydrogen) atoms. The number of hydrogen-bond acceptors (Lipinski definition) is 8. The van der Waals surface area contributed by atoms with Crippen LogP contribution in [-0.4, -0.2) is 39.0 Å². The Morgan fingerprint density at radius 1 is 0.278 bits per heavy atom. The third-order valence-electron chi connectivity index (χ3n) is 18.0. The van der Waals surface area contributed by atoms with Crippen LogP contribution < -0.4 is 0 Å². The van der Waals surface area contributed by atoms with Gasteiger partial charge in [-0.1, -0.05) is 91.9 Å². The average molecular weight is 1590 g/mol. The van der Waals surface area contributed by atoms with Crippen molar-refractivity contribution in [1.82, 2.24) is 9.97 Å². The van der Waals surface area contributed by atoms with Crippen molar-refractivity contribution in [3.63, 3.8) is 0 Å². The van der Waals surface area contributed by atoms with Crippen molar-refractivity contribution in [1.29, 1.82) is 0 Å². The summed E-state index contributed by atoms with van der Waals surface area (Å²) >= 11 is 20.5. The van der Waals surface area contributed by atoms with E-state index in [1.165, 1.54) is 334 Å². The summed E-state index contributed by atoms with van der Waals surface area (Å²) in [5.74, 6) is 0. The van der Waals surface area contributed by atoms with Crippen molar-refractivity contribution in [3.8, 4) is 66.8 Å². The normalized spacial score (nSPS) is 11.9. The van der Waals surface area contributed by atoms with E-state index in [2.05, 4.69) is 145 Å². The van der Waals surface area contributed by atoms with E-state index in [1.807, 2.05) is 45.3 Å². The number of rotatable bonds is 49. The molecule has 0 saturated heterocycles. The second-order valence-corrected chi connectivity index (χ2v) is 39.3. The zero-order valence-corrected chi connectivity index (χ0v) is 67.7. The first-order valence-corrected chi connectivity index (χ1v) is 46.2. The van der Waals surface area contributed by atoms with Crippen molar-refractivity contribution in [2.24, 2.45) is 0 Å². The Hall–Kier alpha value is -0.981. The molecule has 8 heterocycles. The second-order valence-electron chi connectivity index (χ2n) is 25.8. The number of nitrogens with zero attached hydrogens (tertiary/aromatic N) is 2. The van der Waals surface area contributed by atoms with Gasteiger partial charge in [0.25, 0.3) is 0 Å². The SMILES string of the molecule is CCCCCCCCc1cc(Br)sc1-c1cc(CCCCCCCC)c(-c2nc(CCCCCCCC)c(-c3ccc(-c4ccc(-c5sc(-c6sc(-c7sc(Br)cc7CCCCCCCC)cc6CCCCCCCC)nc5CCCCCCCC)[se]4)[se]3)s2)s1. The van der Waals surface area contributed by atoms with Crippen LogP contribution in [0, 0.1) is 0 Å². The summed E-state index contributed by atoms with van der Waals surface area (Å²) in [7, 11) is 0. The zero-order chi connectivity index (χ0) is 63.1. The Morgan fingerprint density at radius 3 is 0.856 bits per heavy atom. The summed E-state index contributed by atoms with van der Waals surface area (Å²) in [6.45, 7) is 14.0. The third-order valence-corrected chi connectivity index (χ3v) is 32.7. The number of hydrogen-bond donors (Lipinski definition) is 0. The summed E-state index contributed by atoms with van der Waals surface area (Å²) in [6.07, 6.45) is 54.4. The van der Waals surface area contributed by atoms with E-state index < -0.39 is 0 Å². The van der Waals surface area contributed by atoms with Crippen LogP contribution >= 0.6 is 99.9 Å². The quantitative estimate of drug-likeness (QED) is 0.0281. The molecule has 12 heteroatoms. The first-order valence-electron chi connectivity index (χ1n) is 36.3. The summed E-state index contributed by atoms with van der Waals surface area (Å²) in [6, 6.07) is 20.2. The predicted molar refractivity (Wildman–Crippen MR) is 419 cm³/mol. The molecule has 0 radical (unpaired) electrons. The monoisotopic (exact) mass is 1580 g/mol. The number of aromatic nitrogens is 2. The zero-order valence-electron chi connectivity index (χ0n) is 56.2. The van der Waals surface area contributed by atoms with E-state index in [4.69, 9.17) is 9.97 Å². The minimum atomic E-state index is 0.233. The molecule has 0 aliphatic rings. The van der Waals surface area contributed by atoms with Crippen molar-refractivity contribution in [3.05, 3.63) is 89.7 Å². The molecule has 0 unspecified atom stereocenters. The molecule has 8 rings (SSSR count). The van der Waals surface area contributed by atoms with Gasteiger partial charge in [-0.3, -0.25) is 0 Å². The summed E-state index contributed by atoms with van der Waals surface area (Å²) < 4.78 is 8.80. The summed E-state index contributed by atoms with van der Waals surface area (Å²) in [4.78, 5) is 23.3. The molecule has 8 aromatic rings. The van der Waals surface area contributed by atoms with Gasteiger partial charge in [-0.25, -0.2) is 0 Å². The van der Waals surface area contributed by atoms with Gasteiger partial charge >= 0.3 is 515 Å². The van der Waals surface area contributed by atoms with Gasteiger partial charge in [-0.2, -0.15) is 0 Å². The van der Waals surface area contributed by atoms with Gasteiger partial charge in [0.15, 0.2) is 0 Å². The van der Waals surface area contributed by atoms with Gasteiger partial charge in [-0.05, 0) is 0 Å². The maximum atomic E-state index is 5.79.